The summed E-state index contributed by atoms with van der Waals surface area (Å²) in [7, 11) is 0. The number of nitrogens with zero attached hydrogens (tertiary/aromatic N) is 4. The summed E-state index contributed by atoms with van der Waals surface area (Å²) in [5, 5.41) is 17.3. The molecule has 80 valence electrons. The summed E-state index contributed by atoms with van der Waals surface area (Å²) in [6.45, 7) is -0.260. The fraction of sp³-hybridized carbons (Fsp3) is 0.200. The van der Waals surface area contributed by atoms with Crippen molar-refractivity contribution in [3.8, 4) is 12.1 Å². The van der Waals surface area contributed by atoms with Gasteiger partial charge < -0.3 is 4.90 Å². The van der Waals surface area contributed by atoms with Crippen LogP contribution >= 0.6 is 11.6 Å². The number of hydrogen-bond donors (Lipinski definition) is 0. The maximum Gasteiger partial charge on any atom is 0.257 e. The van der Waals surface area contributed by atoms with Gasteiger partial charge in [0, 0.05) is 6.20 Å². The first-order chi connectivity index (χ1) is 7.69. The van der Waals surface area contributed by atoms with Crippen molar-refractivity contribution in [1.29, 1.82) is 10.5 Å². The highest BCUT2D eigenvalue weighted by Crippen LogP contribution is 2.07. The van der Waals surface area contributed by atoms with Crippen LogP contribution in [0, 0.1) is 22.7 Å². The van der Waals surface area contributed by atoms with E-state index in [1.807, 2.05) is 12.1 Å². The normalized spacial score (nSPS) is 8.94. The molecule has 1 aromatic heterocycles. The van der Waals surface area contributed by atoms with Crippen molar-refractivity contribution in [3.05, 3.63) is 29.0 Å². The minimum absolute atomic E-state index is 0.130. The van der Waals surface area contributed by atoms with Crippen LogP contribution in [0.3, 0.4) is 0 Å². The van der Waals surface area contributed by atoms with Crippen LogP contribution in [-0.4, -0.2) is 28.9 Å². The summed E-state index contributed by atoms with van der Waals surface area (Å²) in [5.74, 6) is -0.410. The molecule has 0 fully saturated rings. The zero-order chi connectivity index (χ0) is 12.0. The third-order valence-corrected chi connectivity index (χ3v) is 2.01. The summed E-state index contributed by atoms with van der Waals surface area (Å²) in [6, 6.07) is 6.62. The molecule has 0 spiro atoms. The number of rotatable bonds is 3. The number of halogens is 1. The zero-order valence-electron chi connectivity index (χ0n) is 8.22. The molecular formula is C10H7ClN4O. The summed E-state index contributed by atoms with van der Waals surface area (Å²) in [5.41, 5.74) is 0.301. The second-order valence-electron chi connectivity index (χ2n) is 2.85. The molecule has 0 saturated heterocycles. The molecule has 1 amide bonds. The van der Waals surface area contributed by atoms with Crippen molar-refractivity contribution in [2.45, 2.75) is 0 Å². The number of carbonyl (C=O) groups excluding carboxylic acids is 1. The maximum absolute atomic E-state index is 11.8. The second-order valence-corrected chi connectivity index (χ2v) is 3.23. The molecule has 0 bridgehead atoms. The molecule has 0 aliphatic carbocycles. The van der Waals surface area contributed by atoms with E-state index in [9.17, 15) is 4.79 Å². The molecule has 1 heterocycles. The number of nitriles is 2. The van der Waals surface area contributed by atoms with E-state index in [-0.39, 0.29) is 18.2 Å². The van der Waals surface area contributed by atoms with Crippen molar-refractivity contribution in [2.75, 3.05) is 13.1 Å². The van der Waals surface area contributed by atoms with E-state index in [0.29, 0.717) is 5.56 Å². The topological polar surface area (TPSA) is 80.8 Å². The second kappa shape index (κ2) is 5.69. The van der Waals surface area contributed by atoms with E-state index in [4.69, 9.17) is 22.1 Å². The van der Waals surface area contributed by atoms with Gasteiger partial charge in [0.2, 0.25) is 0 Å². The largest absolute Gasteiger partial charge is 0.312 e. The van der Waals surface area contributed by atoms with Crippen molar-refractivity contribution in [3.63, 3.8) is 0 Å². The molecule has 0 atom stereocenters. The molecule has 0 aliphatic rings. The summed E-state index contributed by atoms with van der Waals surface area (Å²) in [4.78, 5) is 16.7. The minimum atomic E-state index is -0.410. The Morgan fingerprint density at radius 1 is 1.38 bits per heavy atom. The van der Waals surface area contributed by atoms with Crippen molar-refractivity contribution in [2.24, 2.45) is 0 Å². The van der Waals surface area contributed by atoms with Gasteiger partial charge in [-0.05, 0) is 12.1 Å². The third kappa shape index (κ3) is 2.94. The van der Waals surface area contributed by atoms with Crippen LogP contribution in [0.4, 0.5) is 0 Å². The van der Waals surface area contributed by atoms with Gasteiger partial charge in [-0.15, -0.1) is 0 Å². The number of aromatic nitrogens is 1. The number of hydrogen-bond acceptors (Lipinski definition) is 4. The van der Waals surface area contributed by atoms with Crippen LogP contribution in [-0.2, 0) is 0 Å². The standard InChI is InChI=1S/C10H7ClN4O/c11-9-2-1-8(7-14-9)10(16)15(5-3-12)6-4-13/h1-2,7H,5-6H2. The van der Waals surface area contributed by atoms with E-state index in [2.05, 4.69) is 4.98 Å². The molecule has 0 saturated carbocycles. The molecule has 6 heteroatoms. The lowest BCUT2D eigenvalue weighted by atomic mass is 10.2. The van der Waals surface area contributed by atoms with Crippen LogP contribution in [0.1, 0.15) is 10.4 Å². The fourth-order valence-electron chi connectivity index (χ4n) is 1.06. The van der Waals surface area contributed by atoms with Gasteiger partial charge in [0.15, 0.2) is 0 Å². The van der Waals surface area contributed by atoms with E-state index in [0.717, 1.165) is 4.90 Å². The molecule has 1 rings (SSSR count). The highest BCUT2D eigenvalue weighted by atomic mass is 35.5. The van der Waals surface area contributed by atoms with Gasteiger partial charge >= 0.3 is 0 Å². The number of amides is 1. The predicted molar refractivity (Wildman–Crippen MR) is 56.4 cm³/mol. The molecular weight excluding hydrogens is 228 g/mol. The van der Waals surface area contributed by atoms with E-state index in [1.54, 1.807) is 0 Å². The minimum Gasteiger partial charge on any atom is -0.312 e. The van der Waals surface area contributed by atoms with Crippen LogP contribution in [0.15, 0.2) is 18.3 Å². The smallest absolute Gasteiger partial charge is 0.257 e. The molecule has 0 N–H and O–H groups in total. The lowest BCUT2D eigenvalue weighted by Crippen LogP contribution is -2.31. The first-order valence-corrected chi connectivity index (χ1v) is 4.71. The molecule has 0 unspecified atom stereocenters. The Balaban J connectivity index is 2.87. The van der Waals surface area contributed by atoms with Gasteiger partial charge in [-0.3, -0.25) is 4.79 Å². The SMILES string of the molecule is N#CCN(CC#N)C(=O)c1ccc(Cl)nc1. The summed E-state index contributed by atoms with van der Waals surface area (Å²) < 4.78 is 0. The Bertz CT molecular complexity index is 441. The van der Waals surface area contributed by atoms with Crippen molar-refractivity contribution < 1.29 is 4.79 Å². The van der Waals surface area contributed by atoms with E-state index < -0.39 is 5.91 Å². The Morgan fingerprint density at radius 2 is 2.00 bits per heavy atom. The summed E-state index contributed by atoms with van der Waals surface area (Å²) >= 11 is 5.58. The van der Waals surface area contributed by atoms with Gasteiger partial charge in [0.1, 0.15) is 18.2 Å². The third-order valence-electron chi connectivity index (χ3n) is 1.78. The predicted octanol–water partition coefficient (Wildman–Crippen LogP) is 1.22. The first-order valence-electron chi connectivity index (χ1n) is 4.33. The van der Waals surface area contributed by atoms with Crippen LogP contribution in [0.25, 0.3) is 0 Å². The Hall–Kier alpha value is -2.11. The molecule has 0 radical (unpaired) electrons. The van der Waals surface area contributed by atoms with Gasteiger partial charge in [0.05, 0.1) is 17.7 Å². The van der Waals surface area contributed by atoms with Crippen LogP contribution < -0.4 is 0 Å². The van der Waals surface area contributed by atoms with E-state index >= 15 is 0 Å². The molecule has 5 nitrogen and oxygen atoms in total. The Kier molecular flexibility index (Phi) is 4.26. The van der Waals surface area contributed by atoms with Gasteiger partial charge in [-0.1, -0.05) is 11.6 Å². The number of pyridine rings is 1. The van der Waals surface area contributed by atoms with Crippen LogP contribution in [0.5, 0.6) is 0 Å². The zero-order valence-corrected chi connectivity index (χ0v) is 8.98. The van der Waals surface area contributed by atoms with Crippen molar-refractivity contribution in [1.82, 2.24) is 9.88 Å². The van der Waals surface area contributed by atoms with Gasteiger partial charge in [-0.2, -0.15) is 10.5 Å². The highest BCUT2D eigenvalue weighted by molar-refractivity contribution is 6.29. The monoisotopic (exact) mass is 234 g/mol. The van der Waals surface area contributed by atoms with Gasteiger partial charge in [0.25, 0.3) is 5.91 Å². The number of carbonyl (C=O) groups is 1. The van der Waals surface area contributed by atoms with Crippen molar-refractivity contribution >= 4 is 17.5 Å². The quantitative estimate of drug-likeness (QED) is 0.582. The van der Waals surface area contributed by atoms with Gasteiger partial charge in [-0.25, -0.2) is 4.98 Å². The molecule has 1 aromatic rings. The summed E-state index contributed by atoms with van der Waals surface area (Å²) in [6.07, 6.45) is 1.31. The highest BCUT2D eigenvalue weighted by Gasteiger charge is 2.15. The Morgan fingerprint density at radius 3 is 2.44 bits per heavy atom. The van der Waals surface area contributed by atoms with E-state index in [1.165, 1.54) is 18.3 Å². The molecule has 0 aromatic carbocycles. The Labute approximate surface area is 97.5 Å². The molecule has 16 heavy (non-hydrogen) atoms. The molecule has 0 aliphatic heterocycles. The lowest BCUT2D eigenvalue weighted by molar-refractivity contribution is 0.0794. The fourth-order valence-corrected chi connectivity index (χ4v) is 1.17. The maximum atomic E-state index is 11.8. The average molecular weight is 235 g/mol. The lowest BCUT2D eigenvalue weighted by Gasteiger charge is -2.15. The van der Waals surface area contributed by atoms with Crippen LogP contribution in [0.2, 0.25) is 5.15 Å². The first kappa shape index (κ1) is 12.0. The average Bonchev–Trinajstić information content (AvgIpc) is 2.29.